The number of piperidine rings is 1. The van der Waals surface area contributed by atoms with Crippen molar-refractivity contribution in [2.45, 2.75) is 18.1 Å². The number of hydrogen-bond acceptors (Lipinski definition) is 4. The minimum atomic E-state index is -3.44. The summed E-state index contributed by atoms with van der Waals surface area (Å²) in [5, 5.41) is 3.12. The lowest BCUT2D eigenvalue weighted by molar-refractivity contribution is 0.417. The maximum Gasteiger partial charge on any atom is 0.236 e. The Labute approximate surface area is 118 Å². The van der Waals surface area contributed by atoms with Crippen LogP contribution in [0.4, 0.5) is 5.69 Å². The molecule has 1 aliphatic rings. The van der Waals surface area contributed by atoms with Gasteiger partial charge in [-0.1, -0.05) is 11.6 Å². The largest absolute Gasteiger partial charge is 0.495 e. The summed E-state index contributed by atoms with van der Waals surface area (Å²) in [5.41, 5.74) is 0.376. The maximum atomic E-state index is 12.3. The van der Waals surface area contributed by atoms with Gasteiger partial charge in [-0.25, -0.2) is 8.42 Å². The first-order chi connectivity index (χ1) is 9.03. The number of anilines is 1. The lowest BCUT2D eigenvalue weighted by Gasteiger charge is -2.23. The third-order valence-electron chi connectivity index (χ3n) is 3.10. The summed E-state index contributed by atoms with van der Waals surface area (Å²) in [7, 11) is -1.95. The predicted octanol–water partition coefficient (Wildman–Crippen LogP) is 1.84. The summed E-state index contributed by atoms with van der Waals surface area (Å²) < 4.78 is 32.3. The minimum Gasteiger partial charge on any atom is -0.495 e. The van der Waals surface area contributed by atoms with Gasteiger partial charge < -0.3 is 10.1 Å². The number of benzene rings is 1. The number of ether oxygens (including phenoxy) is 1. The van der Waals surface area contributed by atoms with E-state index in [4.69, 9.17) is 16.3 Å². The molecule has 0 bridgehead atoms. The predicted molar refractivity (Wildman–Crippen MR) is 76.4 cm³/mol. The molecule has 0 saturated carbocycles. The molecule has 1 aliphatic heterocycles. The third kappa shape index (κ3) is 3.52. The van der Waals surface area contributed by atoms with Crippen molar-refractivity contribution in [2.75, 3.05) is 24.9 Å². The highest BCUT2D eigenvalue weighted by Gasteiger charge is 2.27. The summed E-state index contributed by atoms with van der Waals surface area (Å²) in [5.74, 6) is 0.455. The second kappa shape index (κ2) is 5.98. The van der Waals surface area contributed by atoms with Gasteiger partial charge in [0.25, 0.3) is 0 Å². The molecule has 0 radical (unpaired) electrons. The lowest BCUT2D eigenvalue weighted by Crippen LogP contribution is -2.41. The monoisotopic (exact) mass is 304 g/mol. The molecule has 7 heteroatoms. The molecule has 2 rings (SSSR count). The van der Waals surface area contributed by atoms with Gasteiger partial charge in [0, 0.05) is 11.6 Å². The number of nitrogens with one attached hydrogen (secondary N) is 2. The molecule has 2 N–H and O–H groups in total. The van der Waals surface area contributed by atoms with Crippen molar-refractivity contribution < 1.29 is 13.2 Å². The fraction of sp³-hybridized carbons (Fsp3) is 0.500. The van der Waals surface area contributed by atoms with E-state index >= 15 is 0 Å². The van der Waals surface area contributed by atoms with Crippen LogP contribution in [0.3, 0.4) is 0 Å². The van der Waals surface area contributed by atoms with Crippen LogP contribution in [0.5, 0.6) is 5.75 Å². The zero-order valence-electron chi connectivity index (χ0n) is 10.6. The smallest absolute Gasteiger partial charge is 0.236 e. The summed E-state index contributed by atoms with van der Waals surface area (Å²) >= 11 is 5.89. The molecule has 1 atom stereocenters. The average molecular weight is 305 g/mol. The van der Waals surface area contributed by atoms with E-state index in [1.54, 1.807) is 18.2 Å². The van der Waals surface area contributed by atoms with Crippen LogP contribution in [0, 0.1) is 0 Å². The fourth-order valence-corrected chi connectivity index (χ4v) is 3.70. The van der Waals surface area contributed by atoms with Crippen molar-refractivity contribution in [3.63, 3.8) is 0 Å². The molecule has 1 saturated heterocycles. The molecule has 1 unspecified atom stereocenters. The Bertz CT molecular complexity index is 542. The molecule has 0 aromatic heterocycles. The molecular formula is C12H17ClN2O3S. The number of sulfonamides is 1. The topological polar surface area (TPSA) is 67.4 Å². The van der Waals surface area contributed by atoms with Crippen LogP contribution >= 0.6 is 11.6 Å². The van der Waals surface area contributed by atoms with Crippen LogP contribution in [0.25, 0.3) is 0 Å². The first-order valence-electron chi connectivity index (χ1n) is 6.09. The Morgan fingerprint density at radius 3 is 2.89 bits per heavy atom. The molecule has 19 heavy (non-hydrogen) atoms. The summed E-state index contributed by atoms with van der Waals surface area (Å²) in [6.07, 6.45) is 1.52. The zero-order valence-corrected chi connectivity index (χ0v) is 12.2. The van der Waals surface area contributed by atoms with Crippen molar-refractivity contribution in [3.05, 3.63) is 23.2 Å². The third-order valence-corrected chi connectivity index (χ3v) is 5.12. The van der Waals surface area contributed by atoms with E-state index in [0.29, 0.717) is 29.4 Å². The molecule has 1 heterocycles. The van der Waals surface area contributed by atoms with E-state index in [0.717, 1.165) is 13.0 Å². The van der Waals surface area contributed by atoms with Crippen molar-refractivity contribution in [2.24, 2.45) is 0 Å². The van der Waals surface area contributed by atoms with Crippen molar-refractivity contribution in [3.8, 4) is 5.75 Å². The first kappa shape index (κ1) is 14.4. The molecule has 5 nitrogen and oxygen atoms in total. The quantitative estimate of drug-likeness (QED) is 0.891. The van der Waals surface area contributed by atoms with Crippen LogP contribution in [-0.4, -0.2) is 33.9 Å². The van der Waals surface area contributed by atoms with Crippen molar-refractivity contribution in [1.29, 1.82) is 0 Å². The van der Waals surface area contributed by atoms with Gasteiger partial charge in [0.2, 0.25) is 10.0 Å². The summed E-state index contributed by atoms with van der Waals surface area (Å²) in [6, 6.07) is 4.84. The standard InChI is InChI=1S/C12H17ClN2O3S/c1-18-12-5-4-9(13)7-11(12)15-19(16,17)10-3-2-6-14-8-10/h4-5,7,10,14-15H,2-3,6,8H2,1H3. The Hall–Kier alpha value is -0.980. The van der Waals surface area contributed by atoms with Crippen LogP contribution in [0.1, 0.15) is 12.8 Å². The first-order valence-corrected chi connectivity index (χ1v) is 8.01. The van der Waals surface area contributed by atoms with Gasteiger partial charge in [0.05, 0.1) is 18.0 Å². The van der Waals surface area contributed by atoms with Gasteiger partial charge in [0.1, 0.15) is 5.75 Å². The fourth-order valence-electron chi connectivity index (χ4n) is 2.08. The lowest BCUT2D eigenvalue weighted by atomic mass is 10.2. The van der Waals surface area contributed by atoms with Gasteiger partial charge in [-0.2, -0.15) is 0 Å². The van der Waals surface area contributed by atoms with Crippen molar-refractivity contribution >= 4 is 27.3 Å². The van der Waals surface area contributed by atoms with Gasteiger partial charge in [0.15, 0.2) is 0 Å². The van der Waals surface area contributed by atoms with Gasteiger partial charge in [-0.05, 0) is 37.6 Å². The van der Waals surface area contributed by atoms with Crippen LogP contribution < -0.4 is 14.8 Å². The van der Waals surface area contributed by atoms with Gasteiger partial charge >= 0.3 is 0 Å². The highest BCUT2D eigenvalue weighted by atomic mass is 35.5. The Morgan fingerprint density at radius 1 is 1.47 bits per heavy atom. The molecule has 0 aliphatic carbocycles. The highest BCUT2D eigenvalue weighted by Crippen LogP contribution is 2.29. The molecule has 1 fully saturated rings. The van der Waals surface area contributed by atoms with E-state index < -0.39 is 15.3 Å². The maximum absolute atomic E-state index is 12.3. The normalized spacial score (nSPS) is 20.0. The average Bonchev–Trinajstić information content (AvgIpc) is 2.39. The van der Waals surface area contributed by atoms with Gasteiger partial charge in [-0.15, -0.1) is 0 Å². The number of methoxy groups -OCH3 is 1. The van der Waals surface area contributed by atoms with E-state index in [1.165, 1.54) is 7.11 Å². The molecule has 0 amide bonds. The second-order valence-corrected chi connectivity index (χ2v) is 6.86. The SMILES string of the molecule is COc1ccc(Cl)cc1NS(=O)(=O)C1CCCNC1. The molecule has 0 spiro atoms. The molecule has 1 aromatic carbocycles. The van der Waals surface area contributed by atoms with Crippen LogP contribution in [0.2, 0.25) is 5.02 Å². The molecule has 1 aromatic rings. The number of rotatable bonds is 4. The number of halogens is 1. The highest BCUT2D eigenvalue weighted by molar-refractivity contribution is 7.93. The molecular weight excluding hydrogens is 288 g/mol. The summed E-state index contributed by atoms with van der Waals surface area (Å²) in [6.45, 7) is 1.34. The molecule has 106 valence electrons. The van der Waals surface area contributed by atoms with E-state index in [1.807, 2.05) is 0 Å². The minimum absolute atomic E-state index is 0.376. The summed E-state index contributed by atoms with van der Waals surface area (Å²) in [4.78, 5) is 0. The Kier molecular flexibility index (Phi) is 4.54. The van der Waals surface area contributed by atoms with Crippen LogP contribution in [-0.2, 0) is 10.0 Å². The van der Waals surface area contributed by atoms with E-state index in [9.17, 15) is 8.42 Å². The van der Waals surface area contributed by atoms with Gasteiger partial charge in [-0.3, -0.25) is 4.72 Å². The van der Waals surface area contributed by atoms with E-state index in [-0.39, 0.29) is 0 Å². The van der Waals surface area contributed by atoms with Crippen molar-refractivity contribution in [1.82, 2.24) is 5.32 Å². The Morgan fingerprint density at radius 2 is 2.26 bits per heavy atom. The zero-order chi connectivity index (χ0) is 13.9. The Balaban J connectivity index is 2.21. The number of hydrogen-bond donors (Lipinski definition) is 2. The van der Waals surface area contributed by atoms with Crippen LogP contribution in [0.15, 0.2) is 18.2 Å². The second-order valence-electron chi connectivity index (χ2n) is 4.46. The van der Waals surface area contributed by atoms with E-state index in [2.05, 4.69) is 10.0 Å².